The summed E-state index contributed by atoms with van der Waals surface area (Å²) in [6, 6.07) is 11.0. The van der Waals surface area contributed by atoms with Crippen molar-refractivity contribution in [1.82, 2.24) is 0 Å². The van der Waals surface area contributed by atoms with Crippen LogP contribution in [-0.4, -0.2) is 7.11 Å². The summed E-state index contributed by atoms with van der Waals surface area (Å²) in [5.41, 5.74) is 1.39. The summed E-state index contributed by atoms with van der Waals surface area (Å²) in [5.74, 6) is -1.29. The summed E-state index contributed by atoms with van der Waals surface area (Å²) >= 11 is 0. The molecule has 96 valence electrons. The molecule has 2 nitrogen and oxygen atoms in total. The molecule has 2 aromatic rings. The highest BCUT2D eigenvalue weighted by Crippen LogP contribution is 2.30. The van der Waals surface area contributed by atoms with Crippen LogP contribution in [0.4, 0.5) is 8.78 Å². The SMILES string of the molecule is COc1cc(-c2cccc(F)c2F)ccc1CC#N. The number of hydrogen-bond acceptors (Lipinski definition) is 2. The van der Waals surface area contributed by atoms with E-state index in [1.807, 2.05) is 6.07 Å². The van der Waals surface area contributed by atoms with Crippen LogP contribution in [0.3, 0.4) is 0 Å². The number of halogens is 2. The summed E-state index contributed by atoms with van der Waals surface area (Å²) < 4.78 is 32.1. The van der Waals surface area contributed by atoms with Crippen LogP contribution in [-0.2, 0) is 6.42 Å². The Kier molecular flexibility index (Phi) is 3.76. The maximum Gasteiger partial charge on any atom is 0.166 e. The zero-order valence-corrected chi connectivity index (χ0v) is 10.3. The first-order valence-corrected chi connectivity index (χ1v) is 5.65. The van der Waals surface area contributed by atoms with Gasteiger partial charge in [-0.05, 0) is 17.7 Å². The van der Waals surface area contributed by atoms with Gasteiger partial charge in [-0.25, -0.2) is 8.78 Å². The first-order valence-electron chi connectivity index (χ1n) is 5.65. The van der Waals surface area contributed by atoms with Crippen LogP contribution in [0.25, 0.3) is 11.1 Å². The number of ether oxygens (including phenoxy) is 1. The molecule has 2 aromatic carbocycles. The minimum atomic E-state index is -0.891. The molecule has 0 saturated heterocycles. The second-order valence-electron chi connectivity index (χ2n) is 3.96. The number of rotatable bonds is 3. The van der Waals surface area contributed by atoms with Crippen molar-refractivity contribution in [2.45, 2.75) is 6.42 Å². The molecule has 0 amide bonds. The molecule has 0 aliphatic carbocycles. The Balaban J connectivity index is 2.52. The van der Waals surface area contributed by atoms with Gasteiger partial charge in [0.2, 0.25) is 0 Å². The van der Waals surface area contributed by atoms with Gasteiger partial charge in [0.05, 0.1) is 19.6 Å². The van der Waals surface area contributed by atoms with Crippen LogP contribution >= 0.6 is 0 Å². The van der Waals surface area contributed by atoms with Crippen molar-refractivity contribution in [2.75, 3.05) is 7.11 Å². The van der Waals surface area contributed by atoms with Crippen molar-refractivity contribution in [2.24, 2.45) is 0 Å². The largest absolute Gasteiger partial charge is 0.496 e. The first kappa shape index (κ1) is 13.0. The molecule has 0 heterocycles. The van der Waals surface area contributed by atoms with E-state index in [1.54, 1.807) is 18.2 Å². The molecule has 0 saturated carbocycles. The molecule has 2 rings (SSSR count). The summed E-state index contributed by atoms with van der Waals surface area (Å²) in [6.45, 7) is 0. The molecule has 0 fully saturated rings. The molecule has 0 spiro atoms. The maximum atomic E-state index is 13.7. The van der Waals surface area contributed by atoms with Gasteiger partial charge in [-0.15, -0.1) is 0 Å². The fraction of sp³-hybridized carbons (Fsp3) is 0.133. The highest BCUT2D eigenvalue weighted by atomic mass is 19.2. The molecule has 0 radical (unpaired) electrons. The zero-order valence-electron chi connectivity index (χ0n) is 10.3. The molecule has 0 aliphatic rings. The average Bonchev–Trinajstić information content (AvgIpc) is 2.43. The van der Waals surface area contributed by atoms with Gasteiger partial charge in [-0.2, -0.15) is 5.26 Å². The van der Waals surface area contributed by atoms with E-state index in [-0.39, 0.29) is 12.0 Å². The number of benzene rings is 2. The standard InChI is InChI=1S/C15H11F2NO/c1-19-14-9-11(6-5-10(14)7-8-18)12-3-2-4-13(16)15(12)17/h2-6,9H,7H2,1H3. The van der Waals surface area contributed by atoms with Gasteiger partial charge >= 0.3 is 0 Å². The van der Waals surface area contributed by atoms with Crippen LogP contribution in [0.5, 0.6) is 5.75 Å². The molecule has 0 aromatic heterocycles. The molecule has 19 heavy (non-hydrogen) atoms. The average molecular weight is 259 g/mol. The molecule has 0 unspecified atom stereocenters. The second-order valence-corrected chi connectivity index (χ2v) is 3.96. The normalized spacial score (nSPS) is 10.0. The maximum absolute atomic E-state index is 13.7. The quantitative estimate of drug-likeness (QED) is 0.841. The summed E-state index contributed by atoms with van der Waals surface area (Å²) in [4.78, 5) is 0. The molecule has 4 heteroatoms. The third-order valence-electron chi connectivity index (χ3n) is 2.82. The summed E-state index contributed by atoms with van der Waals surface area (Å²) in [6.07, 6.45) is 0.203. The van der Waals surface area contributed by atoms with Crippen molar-refractivity contribution in [1.29, 1.82) is 5.26 Å². The monoisotopic (exact) mass is 259 g/mol. The predicted octanol–water partition coefficient (Wildman–Crippen LogP) is 3.71. The Morgan fingerprint density at radius 2 is 2.00 bits per heavy atom. The Labute approximate surface area is 109 Å². The van der Waals surface area contributed by atoms with Crippen molar-refractivity contribution >= 4 is 0 Å². The lowest BCUT2D eigenvalue weighted by atomic mass is 10.0. The van der Waals surface area contributed by atoms with Gasteiger partial charge in [0.1, 0.15) is 5.75 Å². The van der Waals surface area contributed by atoms with E-state index in [4.69, 9.17) is 10.00 Å². The fourth-order valence-corrected chi connectivity index (χ4v) is 1.87. The summed E-state index contributed by atoms with van der Waals surface area (Å²) in [7, 11) is 1.47. The Morgan fingerprint density at radius 3 is 2.68 bits per heavy atom. The molecule has 0 aliphatic heterocycles. The van der Waals surface area contributed by atoms with Gasteiger partial charge < -0.3 is 4.74 Å². The molecular formula is C15H11F2NO. The van der Waals surface area contributed by atoms with Crippen molar-refractivity contribution in [3.63, 3.8) is 0 Å². The number of nitriles is 1. The van der Waals surface area contributed by atoms with Crippen LogP contribution in [0, 0.1) is 23.0 Å². The zero-order chi connectivity index (χ0) is 13.8. The van der Waals surface area contributed by atoms with Crippen molar-refractivity contribution in [3.05, 3.63) is 53.6 Å². The van der Waals surface area contributed by atoms with Crippen LogP contribution < -0.4 is 4.74 Å². The molecule has 0 N–H and O–H groups in total. The molecule has 0 bridgehead atoms. The van der Waals surface area contributed by atoms with Crippen molar-refractivity contribution < 1.29 is 13.5 Å². The number of methoxy groups -OCH3 is 1. The van der Waals surface area contributed by atoms with E-state index >= 15 is 0 Å². The van der Waals surface area contributed by atoms with Gasteiger partial charge in [-0.3, -0.25) is 0 Å². The third kappa shape index (κ3) is 2.55. The van der Waals surface area contributed by atoms with Crippen LogP contribution in [0.2, 0.25) is 0 Å². The van der Waals surface area contributed by atoms with Crippen LogP contribution in [0.1, 0.15) is 5.56 Å². The fourth-order valence-electron chi connectivity index (χ4n) is 1.87. The second kappa shape index (κ2) is 5.49. The van der Waals surface area contributed by atoms with Gasteiger partial charge in [-0.1, -0.05) is 24.3 Å². The van der Waals surface area contributed by atoms with Gasteiger partial charge in [0.15, 0.2) is 11.6 Å². The number of nitrogens with zero attached hydrogens (tertiary/aromatic N) is 1. The van der Waals surface area contributed by atoms with E-state index in [1.165, 1.54) is 19.2 Å². The smallest absolute Gasteiger partial charge is 0.166 e. The molecule has 0 atom stereocenters. The lowest BCUT2D eigenvalue weighted by molar-refractivity contribution is 0.411. The summed E-state index contributed by atoms with van der Waals surface area (Å²) in [5, 5.41) is 8.69. The topological polar surface area (TPSA) is 33.0 Å². The minimum absolute atomic E-state index is 0.168. The highest BCUT2D eigenvalue weighted by Gasteiger charge is 2.12. The van der Waals surface area contributed by atoms with E-state index in [0.717, 1.165) is 6.07 Å². The third-order valence-corrected chi connectivity index (χ3v) is 2.82. The minimum Gasteiger partial charge on any atom is -0.496 e. The van der Waals surface area contributed by atoms with Gasteiger partial charge in [0.25, 0.3) is 0 Å². The highest BCUT2D eigenvalue weighted by molar-refractivity contribution is 5.67. The Hall–Kier alpha value is -2.41. The number of hydrogen-bond donors (Lipinski definition) is 0. The van der Waals surface area contributed by atoms with Crippen molar-refractivity contribution in [3.8, 4) is 22.9 Å². The van der Waals surface area contributed by atoms with E-state index < -0.39 is 11.6 Å². The Bertz CT molecular complexity index is 647. The first-order chi connectivity index (χ1) is 9.17. The van der Waals surface area contributed by atoms with E-state index in [2.05, 4.69) is 0 Å². The van der Waals surface area contributed by atoms with E-state index in [9.17, 15) is 8.78 Å². The lowest BCUT2D eigenvalue weighted by Crippen LogP contribution is -1.94. The van der Waals surface area contributed by atoms with Crippen LogP contribution in [0.15, 0.2) is 36.4 Å². The van der Waals surface area contributed by atoms with E-state index in [0.29, 0.717) is 16.9 Å². The molecular weight excluding hydrogens is 248 g/mol. The Morgan fingerprint density at radius 1 is 1.21 bits per heavy atom. The lowest BCUT2D eigenvalue weighted by Gasteiger charge is -2.09. The predicted molar refractivity (Wildman–Crippen MR) is 67.7 cm³/mol. The van der Waals surface area contributed by atoms with Gasteiger partial charge in [0, 0.05) is 11.1 Å².